The molecule has 0 aliphatic heterocycles. The molecule has 1 unspecified atom stereocenters. The summed E-state index contributed by atoms with van der Waals surface area (Å²) in [4.78, 5) is 0. The summed E-state index contributed by atoms with van der Waals surface area (Å²) in [6.07, 6.45) is 4.20. The van der Waals surface area contributed by atoms with Crippen LogP contribution < -0.4 is 5.73 Å². The average Bonchev–Trinajstić information content (AvgIpc) is 2.94. The van der Waals surface area contributed by atoms with Gasteiger partial charge in [0.2, 0.25) is 0 Å². The van der Waals surface area contributed by atoms with Crippen LogP contribution in [0, 0.1) is 11.7 Å². The maximum atomic E-state index is 13.4. The van der Waals surface area contributed by atoms with Crippen LogP contribution in [0.1, 0.15) is 24.8 Å². The summed E-state index contributed by atoms with van der Waals surface area (Å²) in [6, 6.07) is 4.86. The highest BCUT2D eigenvalue weighted by Gasteiger charge is 2.24. The average molecular weight is 228 g/mol. The predicted molar refractivity (Wildman–Crippen MR) is 60.4 cm³/mol. The molecule has 1 atom stereocenters. The van der Waals surface area contributed by atoms with Crippen LogP contribution in [0.2, 0.25) is 5.02 Å². The van der Waals surface area contributed by atoms with Crippen molar-refractivity contribution in [3.05, 3.63) is 34.6 Å². The molecule has 1 aliphatic rings. The summed E-state index contributed by atoms with van der Waals surface area (Å²) in [6.45, 7) is 0. The molecular weight excluding hydrogens is 213 g/mol. The molecule has 0 radical (unpaired) electrons. The number of hydrogen-bond acceptors (Lipinski definition) is 1. The normalized spacial score (nSPS) is 17.8. The molecule has 1 aliphatic carbocycles. The molecule has 0 saturated heterocycles. The van der Waals surface area contributed by atoms with Gasteiger partial charge in [-0.3, -0.25) is 0 Å². The Hall–Kier alpha value is -0.600. The highest BCUT2D eigenvalue weighted by molar-refractivity contribution is 6.30. The summed E-state index contributed by atoms with van der Waals surface area (Å²) in [5.74, 6) is 0.545. The highest BCUT2D eigenvalue weighted by atomic mass is 35.5. The van der Waals surface area contributed by atoms with Crippen molar-refractivity contribution in [1.29, 1.82) is 0 Å². The van der Waals surface area contributed by atoms with Gasteiger partial charge in [-0.15, -0.1) is 0 Å². The maximum Gasteiger partial charge on any atom is 0.127 e. The van der Waals surface area contributed by atoms with Gasteiger partial charge in [-0.05, 0) is 36.5 Å². The van der Waals surface area contributed by atoms with E-state index in [4.69, 9.17) is 17.3 Å². The van der Waals surface area contributed by atoms with Crippen molar-refractivity contribution in [2.24, 2.45) is 11.7 Å². The molecule has 0 heterocycles. The Morgan fingerprint density at radius 2 is 2.20 bits per heavy atom. The van der Waals surface area contributed by atoms with E-state index in [1.54, 1.807) is 12.1 Å². The first-order valence-electron chi connectivity index (χ1n) is 5.34. The third-order valence-corrected chi connectivity index (χ3v) is 3.07. The Labute approximate surface area is 94.4 Å². The minimum Gasteiger partial charge on any atom is -0.327 e. The molecule has 2 N–H and O–H groups in total. The van der Waals surface area contributed by atoms with Gasteiger partial charge in [0.15, 0.2) is 0 Å². The van der Waals surface area contributed by atoms with Gasteiger partial charge in [-0.2, -0.15) is 0 Å². The van der Waals surface area contributed by atoms with Crippen molar-refractivity contribution in [2.75, 3.05) is 0 Å². The molecule has 82 valence electrons. The van der Waals surface area contributed by atoms with Gasteiger partial charge >= 0.3 is 0 Å². The summed E-state index contributed by atoms with van der Waals surface area (Å²) in [7, 11) is 0. The van der Waals surface area contributed by atoms with Crippen molar-refractivity contribution in [2.45, 2.75) is 31.7 Å². The molecule has 1 nitrogen and oxygen atoms in total. The highest BCUT2D eigenvalue weighted by Crippen LogP contribution is 2.33. The lowest BCUT2D eigenvalue weighted by Crippen LogP contribution is -2.23. The van der Waals surface area contributed by atoms with E-state index in [0.717, 1.165) is 12.3 Å². The smallest absolute Gasteiger partial charge is 0.127 e. The van der Waals surface area contributed by atoms with Crippen LogP contribution in [-0.4, -0.2) is 6.04 Å². The van der Waals surface area contributed by atoms with Crippen LogP contribution in [0.3, 0.4) is 0 Å². The molecule has 2 rings (SSSR count). The number of benzene rings is 1. The molecule has 1 aromatic rings. The van der Waals surface area contributed by atoms with Gasteiger partial charge in [0.05, 0.1) is 0 Å². The number of hydrogen-bond donors (Lipinski definition) is 1. The van der Waals surface area contributed by atoms with Gasteiger partial charge in [-0.25, -0.2) is 4.39 Å². The van der Waals surface area contributed by atoms with E-state index in [-0.39, 0.29) is 11.9 Å². The second-order valence-electron chi connectivity index (χ2n) is 4.38. The molecule has 0 bridgehead atoms. The first-order chi connectivity index (χ1) is 7.15. The molecule has 15 heavy (non-hydrogen) atoms. The SMILES string of the molecule is NC(Cc1ccc(Cl)cc1F)CC1CC1. The Bertz CT molecular complexity index is 349. The monoisotopic (exact) mass is 227 g/mol. The fourth-order valence-corrected chi connectivity index (χ4v) is 1.99. The van der Waals surface area contributed by atoms with E-state index in [1.165, 1.54) is 18.9 Å². The number of nitrogens with two attached hydrogens (primary N) is 1. The third kappa shape index (κ3) is 3.18. The van der Waals surface area contributed by atoms with Gasteiger partial charge in [0, 0.05) is 11.1 Å². The minimum absolute atomic E-state index is 0.0770. The molecule has 1 saturated carbocycles. The molecule has 3 heteroatoms. The van der Waals surface area contributed by atoms with Gasteiger partial charge in [0.1, 0.15) is 5.82 Å². The third-order valence-electron chi connectivity index (χ3n) is 2.83. The van der Waals surface area contributed by atoms with E-state index >= 15 is 0 Å². The number of rotatable bonds is 4. The Kier molecular flexibility index (Phi) is 3.27. The Morgan fingerprint density at radius 1 is 1.47 bits per heavy atom. The summed E-state index contributed by atoms with van der Waals surface area (Å²) >= 11 is 5.68. The van der Waals surface area contributed by atoms with E-state index in [9.17, 15) is 4.39 Å². The van der Waals surface area contributed by atoms with Crippen LogP contribution in [0.15, 0.2) is 18.2 Å². The molecule has 1 fully saturated rings. The fraction of sp³-hybridized carbons (Fsp3) is 0.500. The second-order valence-corrected chi connectivity index (χ2v) is 4.82. The molecular formula is C12H15ClFN. The van der Waals surface area contributed by atoms with Gasteiger partial charge in [0.25, 0.3) is 0 Å². The summed E-state index contributed by atoms with van der Waals surface area (Å²) < 4.78 is 13.4. The van der Waals surface area contributed by atoms with Crippen LogP contribution in [0.25, 0.3) is 0 Å². The molecule has 0 aromatic heterocycles. The standard InChI is InChI=1S/C12H15ClFN/c13-10-4-3-9(12(14)7-10)6-11(15)5-8-1-2-8/h3-4,7-8,11H,1-2,5-6,15H2. The zero-order chi connectivity index (χ0) is 10.8. The maximum absolute atomic E-state index is 13.4. The van der Waals surface area contributed by atoms with Crippen molar-refractivity contribution in [3.8, 4) is 0 Å². The number of halogens is 2. The Morgan fingerprint density at radius 3 is 2.80 bits per heavy atom. The van der Waals surface area contributed by atoms with Crippen molar-refractivity contribution < 1.29 is 4.39 Å². The first-order valence-corrected chi connectivity index (χ1v) is 5.72. The zero-order valence-corrected chi connectivity index (χ0v) is 9.30. The lowest BCUT2D eigenvalue weighted by Gasteiger charge is -2.11. The second kappa shape index (κ2) is 4.50. The zero-order valence-electron chi connectivity index (χ0n) is 8.55. The van der Waals surface area contributed by atoms with Crippen molar-refractivity contribution in [1.82, 2.24) is 0 Å². The lowest BCUT2D eigenvalue weighted by atomic mass is 10.0. The first kappa shape index (κ1) is 10.9. The quantitative estimate of drug-likeness (QED) is 0.840. The fourth-order valence-electron chi connectivity index (χ4n) is 1.83. The predicted octanol–water partition coefficient (Wildman–Crippen LogP) is 3.15. The van der Waals surface area contributed by atoms with Crippen LogP contribution in [0.4, 0.5) is 4.39 Å². The van der Waals surface area contributed by atoms with Gasteiger partial charge < -0.3 is 5.73 Å². The largest absolute Gasteiger partial charge is 0.327 e. The summed E-state index contributed by atoms with van der Waals surface area (Å²) in [5, 5.41) is 0.437. The van der Waals surface area contributed by atoms with E-state index in [2.05, 4.69) is 0 Å². The van der Waals surface area contributed by atoms with Crippen LogP contribution >= 0.6 is 11.6 Å². The van der Waals surface area contributed by atoms with Crippen LogP contribution in [0.5, 0.6) is 0 Å². The minimum atomic E-state index is -0.242. The Balaban J connectivity index is 1.96. The van der Waals surface area contributed by atoms with Crippen LogP contribution in [-0.2, 0) is 6.42 Å². The van der Waals surface area contributed by atoms with Crippen molar-refractivity contribution >= 4 is 11.6 Å². The molecule has 0 amide bonds. The molecule has 0 spiro atoms. The van der Waals surface area contributed by atoms with E-state index in [0.29, 0.717) is 17.0 Å². The van der Waals surface area contributed by atoms with E-state index in [1.807, 2.05) is 0 Å². The van der Waals surface area contributed by atoms with Gasteiger partial charge in [-0.1, -0.05) is 30.5 Å². The van der Waals surface area contributed by atoms with E-state index < -0.39 is 0 Å². The van der Waals surface area contributed by atoms with Crippen molar-refractivity contribution in [3.63, 3.8) is 0 Å². The molecule has 1 aromatic carbocycles. The summed E-state index contributed by atoms with van der Waals surface area (Å²) in [5.41, 5.74) is 6.63. The lowest BCUT2D eigenvalue weighted by molar-refractivity contribution is 0.542. The topological polar surface area (TPSA) is 26.0 Å².